The molecule has 1 heterocycles. The van der Waals surface area contributed by atoms with Gasteiger partial charge in [0.2, 0.25) is 0 Å². The summed E-state index contributed by atoms with van der Waals surface area (Å²) in [7, 11) is 0. The van der Waals surface area contributed by atoms with Crippen LogP contribution in [0.4, 0.5) is 9.59 Å². The Kier molecular flexibility index (Phi) is 11.0. The summed E-state index contributed by atoms with van der Waals surface area (Å²) in [6.45, 7) is 11.0. The second-order valence-corrected chi connectivity index (χ2v) is 8.95. The maximum absolute atomic E-state index is 12.6. The van der Waals surface area contributed by atoms with Crippen molar-refractivity contribution in [1.29, 1.82) is 0 Å². The molecule has 0 bridgehead atoms. The number of carbonyl (C=O) groups excluding carboxylic acids is 2. The van der Waals surface area contributed by atoms with Gasteiger partial charge in [0.1, 0.15) is 12.2 Å². The van der Waals surface area contributed by atoms with Gasteiger partial charge < -0.3 is 19.7 Å². The van der Waals surface area contributed by atoms with E-state index in [9.17, 15) is 9.59 Å². The Labute approximate surface area is 173 Å². The minimum atomic E-state index is -0.562. The highest BCUT2D eigenvalue weighted by atomic mass is 32.1. The standard InChI is InChI=1S/C21H36N2O4S/c1-6-8-11-17(22-19(24)27-21(3,4)5)16-26-20(25)23(13-9-7-2)15-18-12-10-14-28-18/h10,12,14,17H,6-9,11,13,15-16H2,1-5H3,(H,22,24)/t17-/m0/s1. The van der Waals surface area contributed by atoms with Crippen molar-refractivity contribution in [3.8, 4) is 0 Å². The molecule has 1 aromatic rings. The third kappa shape index (κ3) is 10.5. The normalized spacial score (nSPS) is 12.3. The summed E-state index contributed by atoms with van der Waals surface area (Å²) < 4.78 is 10.9. The lowest BCUT2D eigenvalue weighted by Crippen LogP contribution is -2.43. The highest BCUT2D eigenvalue weighted by Gasteiger charge is 2.22. The van der Waals surface area contributed by atoms with Crippen LogP contribution in [0.25, 0.3) is 0 Å². The topological polar surface area (TPSA) is 67.9 Å². The number of alkyl carbamates (subject to hydrolysis) is 1. The van der Waals surface area contributed by atoms with Crippen LogP contribution in [0, 0.1) is 0 Å². The van der Waals surface area contributed by atoms with Crippen molar-refractivity contribution in [3.63, 3.8) is 0 Å². The zero-order valence-corrected chi connectivity index (χ0v) is 18.8. The van der Waals surface area contributed by atoms with Crippen LogP contribution in [-0.2, 0) is 16.0 Å². The molecule has 0 unspecified atom stereocenters. The molecule has 0 spiro atoms. The molecule has 2 amide bonds. The Hall–Kier alpha value is -1.76. The largest absolute Gasteiger partial charge is 0.447 e. The van der Waals surface area contributed by atoms with Gasteiger partial charge in [-0.3, -0.25) is 0 Å². The minimum Gasteiger partial charge on any atom is -0.447 e. The quantitative estimate of drug-likeness (QED) is 0.516. The highest BCUT2D eigenvalue weighted by Crippen LogP contribution is 2.14. The predicted molar refractivity (Wildman–Crippen MR) is 114 cm³/mol. The van der Waals surface area contributed by atoms with Gasteiger partial charge in [-0.15, -0.1) is 11.3 Å². The Morgan fingerprint density at radius 2 is 1.93 bits per heavy atom. The minimum absolute atomic E-state index is 0.144. The summed E-state index contributed by atoms with van der Waals surface area (Å²) in [5, 5.41) is 4.84. The smallest absolute Gasteiger partial charge is 0.410 e. The number of carbonyl (C=O) groups is 2. The number of hydrogen-bond donors (Lipinski definition) is 1. The lowest BCUT2D eigenvalue weighted by atomic mass is 10.1. The molecule has 6 nitrogen and oxygen atoms in total. The number of rotatable bonds is 11. The number of hydrogen-bond acceptors (Lipinski definition) is 5. The number of ether oxygens (including phenoxy) is 2. The molecule has 0 radical (unpaired) electrons. The van der Waals surface area contributed by atoms with Crippen molar-refractivity contribution < 1.29 is 19.1 Å². The second-order valence-electron chi connectivity index (χ2n) is 7.92. The number of amides is 2. The number of unbranched alkanes of at least 4 members (excludes halogenated alkanes) is 2. The first-order valence-electron chi connectivity index (χ1n) is 10.2. The first-order valence-corrected chi connectivity index (χ1v) is 11.1. The predicted octanol–water partition coefficient (Wildman–Crippen LogP) is 5.57. The Balaban J connectivity index is 2.62. The second kappa shape index (κ2) is 12.6. The average molecular weight is 413 g/mol. The van der Waals surface area contributed by atoms with Gasteiger partial charge in [0, 0.05) is 11.4 Å². The van der Waals surface area contributed by atoms with Crippen molar-refractivity contribution in [2.24, 2.45) is 0 Å². The summed E-state index contributed by atoms with van der Waals surface area (Å²) in [4.78, 5) is 27.6. The van der Waals surface area contributed by atoms with E-state index in [-0.39, 0.29) is 18.7 Å². The van der Waals surface area contributed by atoms with Crippen LogP contribution in [0.2, 0.25) is 0 Å². The van der Waals surface area contributed by atoms with Gasteiger partial charge in [0.15, 0.2) is 0 Å². The van der Waals surface area contributed by atoms with Crippen LogP contribution in [0.15, 0.2) is 17.5 Å². The van der Waals surface area contributed by atoms with E-state index < -0.39 is 11.7 Å². The zero-order valence-electron chi connectivity index (χ0n) is 18.0. The first kappa shape index (κ1) is 24.3. The van der Waals surface area contributed by atoms with Crippen LogP contribution in [0.1, 0.15) is 71.6 Å². The van der Waals surface area contributed by atoms with E-state index in [1.165, 1.54) is 0 Å². The Morgan fingerprint density at radius 3 is 2.50 bits per heavy atom. The van der Waals surface area contributed by atoms with Crippen LogP contribution in [0.3, 0.4) is 0 Å². The Bertz CT molecular complexity index is 569. The third-order valence-electron chi connectivity index (χ3n) is 4.00. The lowest BCUT2D eigenvalue weighted by molar-refractivity contribution is 0.0444. The zero-order chi connectivity index (χ0) is 21.0. The molecule has 0 aliphatic carbocycles. The van der Waals surface area contributed by atoms with Gasteiger partial charge in [-0.25, -0.2) is 9.59 Å². The van der Waals surface area contributed by atoms with E-state index in [0.29, 0.717) is 13.1 Å². The highest BCUT2D eigenvalue weighted by molar-refractivity contribution is 7.09. The van der Waals surface area contributed by atoms with Crippen molar-refractivity contribution in [3.05, 3.63) is 22.4 Å². The van der Waals surface area contributed by atoms with E-state index >= 15 is 0 Å². The van der Waals surface area contributed by atoms with Gasteiger partial charge >= 0.3 is 12.2 Å². The Morgan fingerprint density at radius 1 is 1.21 bits per heavy atom. The fraction of sp³-hybridized carbons (Fsp3) is 0.714. The molecule has 1 atom stereocenters. The van der Waals surface area contributed by atoms with Crippen LogP contribution >= 0.6 is 11.3 Å². The lowest BCUT2D eigenvalue weighted by Gasteiger charge is -2.25. The van der Waals surface area contributed by atoms with E-state index in [1.807, 2.05) is 38.3 Å². The van der Waals surface area contributed by atoms with Crippen LogP contribution in [0.5, 0.6) is 0 Å². The molecule has 0 saturated carbocycles. The third-order valence-corrected chi connectivity index (χ3v) is 4.86. The maximum atomic E-state index is 12.6. The van der Waals surface area contributed by atoms with Gasteiger partial charge in [-0.05, 0) is 45.1 Å². The van der Waals surface area contributed by atoms with Gasteiger partial charge in [-0.2, -0.15) is 0 Å². The van der Waals surface area contributed by atoms with E-state index in [1.54, 1.807) is 16.2 Å². The molecule has 0 fully saturated rings. The number of nitrogens with one attached hydrogen (secondary N) is 1. The van der Waals surface area contributed by atoms with E-state index in [2.05, 4.69) is 19.2 Å². The number of nitrogens with zero attached hydrogens (tertiary/aromatic N) is 1. The molecule has 160 valence electrons. The monoisotopic (exact) mass is 412 g/mol. The van der Waals surface area contributed by atoms with Crippen molar-refractivity contribution >= 4 is 23.5 Å². The molecule has 1 N–H and O–H groups in total. The molecule has 0 aliphatic heterocycles. The molecule has 0 saturated heterocycles. The molecule has 28 heavy (non-hydrogen) atoms. The molecular weight excluding hydrogens is 376 g/mol. The summed E-state index contributed by atoms with van der Waals surface area (Å²) in [6.07, 6.45) is 3.79. The molecular formula is C21H36N2O4S. The van der Waals surface area contributed by atoms with Crippen LogP contribution in [-0.4, -0.2) is 41.9 Å². The summed E-state index contributed by atoms with van der Waals surface area (Å²) in [5.41, 5.74) is -0.562. The molecule has 1 aromatic heterocycles. The molecule has 1 rings (SSSR count). The van der Waals surface area contributed by atoms with E-state index in [0.717, 1.165) is 37.0 Å². The maximum Gasteiger partial charge on any atom is 0.410 e. The molecule has 0 aromatic carbocycles. The van der Waals surface area contributed by atoms with Gasteiger partial charge in [0.25, 0.3) is 0 Å². The van der Waals surface area contributed by atoms with Crippen molar-refractivity contribution in [1.82, 2.24) is 10.2 Å². The van der Waals surface area contributed by atoms with E-state index in [4.69, 9.17) is 9.47 Å². The fourth-order valence-corrected chi connectivity index (χ4v) is 3.28. The summed E-state index contributed by atoms with van der Waals surface area (Å²) in [5.74, 6) is 0. The van der Waals surface area contributed by atoms with Crippen molar-refractivity contribution in [2.45, 2.75) is 84.9 Å². The van der Waals surface area contributed by atoms with Gasteiger partial charge in [-0.1, -0.05) is 39.2 Å². The molecule has 7 heteroatoms. The van der Waals surface area contributed by atoms with Crippen molar-refractivity contribution in [2.75, 3.05) is 13.2 Å². The van der Waals surface area contributed by atoms with Crippen LogP contribution < -0.4 is 5.32 Å². The number of thiophene rings is 1. The van der Waals surface area contributed by atoms with Gasteiger partial charge in [0.05, 0.1) is 12.6 Å². The molecule has 0 aliphatic rings. The fourth-order valence-electron chi connectivity index (χ4n) is 2.56. The summed E-state index contributed by atoms with van der Waals surface area (Å²) in [6, 6.07) is 3.74. The summed E-state index contributed by atoms with van der Waals surface area (Å²) >= 11 is 1.63. The SMILES string of the molecule is CCCC[C@@H](COC(=O)N(CCCC)Cc1cccs1)NC(=O)OC(C)(C)C. The first-order chi connectivity index (χ1) is 13.2. The average Bonchev–Trinajstić information content (AvgIpc) is 3.12.